The van der Waals surface area contributed by atoms with Crippen LogP contribution in [0.5, 0.6) is 0 Å². The smallest absolute Gasteiger partial charge is 0.270 e. The van der Waals surface area contributed by atoms with Gasteiger partial charge >= 0.3 is 0 Å². The van der Waals surface area contributed by atoms with Crippen LogP contribution in [0.25, 0.3) is 0 Å². The summed E-state index contributed by atoms with van der Waals surface area (Å²) in [5, 5.41) is 5.99. The van der Waals surface area contributed by atoms with Crippen molar-refractivity contribution in [1.82, 2.24) is 20.2 Å². The third-order valence-electron chi connectivity index (χ3n) is 3.74. The average Bonchev–Trinajstić information content (AvgIpc) is 3.15. The molecule has 2 aromatic rings. The van der Waals surface area contributed by atoms with Crippen molar-refractivity contribution in [2.45, 2.75) is 6.54 Å². The van der Waals surface area contributed by atoms with Crippen LogP contribution in [0, 0.1) is 0 Å². The fourth-order valence-electron chi connectivity index (χ4n) is 2.41. The zero-order chi connectivity index (χ0) is 16.6. The summed E-state index contributed by atoms with van der Waals surface area (Å²) in [6.45, 7) is 5.22. The molecule has 3 rings (SSSR count). The molecule has 0 saturated carbocycles. The maximum atomic E-state index is 12.2. The first-order valence-electron chi connectivity index (χ1n) is 7.98. The molecule has 0 unspecified atom stereocenters. The molecule has 3 heterocycles. The van der Waals surface area contributed by atoms with Crippen LogP contribution in [0.15, 0.2) is 35.2 Å². The number of carbonyl (C=O) groups excluding carboxylic acids is 1. The van der Waals surface area contributed by atoms with E-state index in [2.05, 4.69) is 25.5 Å². The Hall–Kier alpha value is -2.45. The molecule has 1 fully saturated rings. The molecule has 1 aliphatic heterocycles. The SMILES string of the molecule is O=C(NCCN1CCOCC1)c1cc(NCc2ccco2)ncn1. The van der Waals surface area contributed by atoms with E-state index in [1.54, 1.807) is 12.3 Å². The molecule has 0 aliphatic carbocycles. The Balaban J connectivity index is 1.46. The highest BCUT2D eigenvalue weighted by molar-refractivity contribution is 5.92. The number of nitrogens with one attached hydrogen (secondary N) is 2. The van der Waals surface area contributed by atoms with E-state index >= 15 is 0 Å². The van der Waals surface area contributed by atoms with Gasteiger partial charge in [0.1, 0.15) is 23.6 Å². The summed E-state index contributed by atoms with van der Waals surface area (Å²) in [4.78, 5) is 22.6. The van der Waals surface area contributed by atoms with E-state index in [1.807, 2.05) is 12.1 Å². The summed E-state index contributed by atoms with van der Waals surface area (Å²) in [5.74, 6) is 1.18. The second kappa shape index (κ2) is 8.42. The van der Waals surface area contributed by atoms with Crippen molar-refractivity contribution in [2.75, 3.05) is 44.7 Å². The number of carbonyl (C=O) groups is 1. The first-order chi connectivity index (χ1) is 11.8. The van der Waals surface area contributed by atoms with Crippen LogP contribution in [0.3, 0.4) is 0 Å². The molecule has 0 atom stereocenters. The van der Waals surface area contributed by atoms with Gasteiger partial charge in [0.25, 0.3) is 5.91 Å². The first-order valence-corrected chi connectivity index (χ1v) is 7.98. The van der Waals surface area contributed by atoms with Gasteiger partial charge < -0.3 is 19.8 Å². The molecule has 1 saturated heterocycles. The largest absolute Gasteiger partial charge is 0.467 e. The van der Waals surface area contributed by atoms with Crippen LogP contribution in [-0.2, 0) is 11.3 Å². The maximum Gasteiger partial charge on any atom is 0.270 e. The normalized spacial score (nSPS) is 15.2. The molecule has 0 radical (unpaired) electrons. The van der Waals surface area contributed by atoms with Gasteiger partial charge in [-0.2, -0.15) is 0 Å². The van der Waals surface area contributed by atoms with Crippen LogP contribution in [0.1, 0.15) is 16.2 Å². The van der Waals surface area contributed by atoms with Crippen LogP contribution in [0.4, 0.5) is 5.82 Å². The van der Waals surface area contributed by atoms with E-state index in [0.717, 1.165) is 38.6 Å². The number of nitrogens with zero attached hydrogens (tertiary/aromatic N) is 3. The van der Waals surface area contributed by atoms with Gasteiger partial charge in [-0.3, -0.25) is 9.69 Å². The minimum Gasteiger partial charge on any atom is -0.467 e. The van der Waals surface area contributed by atoms with Gasteiger partial charge in [0.2, 0.25) is 0 Å². The van der Waals surface area contributed by atoms with E-state index in [-0.39, 0.29) is 5.91 Å². The molecule has 24 heavy (non-hydrogen) atoms. The quantitative estimate of drug-likeness (QED) is 0.773. The third kappa shape index (κ3) is 4.77. The standard InChI is InChI=1S/C16H21N5O3/c22-16(17-3-4-21-5-8-23-9-6-21)14-10-15(20-12-19-14)18-11-13-2-1-7-24-13/h1-2,7,10,12H,3-6,8-9,11H2,(H,17,22)(H,18,19,20). The molecular formula is C16H21N5O3. The van der Waals surface area contributed by atoms with Crippen molar-refractivity contribution >= 4 is 11.7 Å². The summed E-state index contributed by atoms with van der Waals surface area (Å²) < 4.78 is 10.5. The molecule has 128 valence electrons. The zero-order valence-corrected chi connectivity index (χ0v) is 13.4. The van der Waals surface area contributed by atoms with E-state index in [9.17, 15) is 4.79 Å². The Morgan fingerprint density at radius 3 is 2.96 bits per heavy atom. The highest BCUT2D eigenvalue weighted by Crippen LogP contribution is 2.07. The van der Waals surface area contributed by atoms with Crippen LogP contribution in [0.2, 0.25) is 0 Å². The zero-order valence-electron chi connectivity index (χ0n) is 13.4. The van der Waals surface area contributed by atoms with Crippen molar-refractivity contribution in [3.63, 3.8) is 0 Å². The second-order valence-corrected chi connectivity index (χ2v) is 5.43. The highest BCUT2D eigenvalue weighted by atomic mass is 16.5. The first kappa shape index (κ1) is 16.4. The molecule has 1 aliphatic rings. The summed E-state index contributed by atoms with van der Waals surface area (Å²) in [6, 6.07) is 5.32. The van der Waals surface area contributed by atoms with E-state index < -0.39 is 0 Å². The molecule has 8 heteroatoms. The van der Waals surface area contributed by atoms with Gasteiger partial charge in [-0.15, -0.1) is 0 Å². The number of hydrogen-bond acceptors (Lipinski definition) is 7. The minimum atomic E-state index is -0.202. The fraction of sp³-hybridized carbons (Fsp3) is 0.438. The summed E-state index contributed by atoms with van der Waals surface area (Å²) in [6.07, 6.45) is 2.99. The minimum absolute atomic E-state index is 0.202. The Morgan fingerprint density at radius 2 is 2.17 bits per heavy atom. The predicted molar refractivity (Wildman–Crippen MR) is 87.7 cm³/mol. The molecule has 8 nitrogen and oxygen atoms in total. The number of morpholine rings is 1. The predicted octanol–water partition coefficient (Wildman–Crippen LogP) is 0.744. The summed E-state index contributed by atoms with van der Waals surface area (Å²) >= 11 is 0. The molecule has 0 aromatic carbocycles. The fourth-order valence-corrected chi connectivity index (χ4v) is 2.41. The van der Waals surface area contributed by atoms with Crippen molar-refractivity contribution in [2.24, 2.45) is 0 Å². The van der Waals surface area contributed by atoms with Crippen LogP contribution in [-0.4, -0.2) is 60.2 Å². The van der Waals surface area contributed by atoms with Gasteiger partial charge in [-0.05, 0) is 12.1 Å². The van der Waals surface area contributed by atoms with Crippen LogP contribution >= 0.6 is 0 Å². The molecular weight excluding hydrogens is 310 g/mol. The van der Waals surface area contributed by atoms with Crippen molar-refractivity contribution in [3.05, 3.63) is 42.2 Å². The van der Waals surface area contributed by atoms with Crippen molar-refractivity contribution < 1.29 is 13.9 Å². The molecule has 2 aromatic heterocycles. The molecule has 0 spiro atoms. The van der Waals surface area contributed by atoms with Crippen molar-refractivity contribution in [1.29, 1.82) is 0 Å². The summed E-state index contributed by atoms with van der Waals surface area (Å²) in [5.41, 5.74) is 0.342. The number of rotatable bonds is 7. The van der Waals surface area contributed by atoms with E-state index in [1.165, 1.54) is 6.33 Å². The number of ether oxygens (including phenoxy) is 1. The lowest BCUT2D eigenvalue weighted by Gasteiger charge is -2.26. The number of anilines is 1. The topological polar surface area (TPSA) is 92.5 Å². The van der Waals surface area contributed by atoms with Gasteiger partial charge in [0, 0.05) is 32.2 Å². The third-order valence-corrected chi connectivity index (χ3v) is 3.74. The van der Waals surface area contributed by atoms with Gasteiger partial charge in [-0.25, -0.2) is 9.97 Å². The second-order valence-electron chi connectivity index (χ2n) is 5.43. The molecule has 1 amide bonds. The highest BCUT2D eigenvalue weighted by Gasteiger charge is 2.12. The number of hydrogen-bond donors (Lipinski definition) is 2. The Morgan fingerprint density at radius 1 is 1.29 bits per heavy atom. The Bertz CT molecular complexity index is 641. The Kier molecular flexibility index (Phi) is 5.75. The molecule has 2 N–H and O–H groups in total. The molecule has 0 bridgehead atoms. The van der Waals surface area contributed by atoms with Gasteiger partial charge in [0.15, 0.2) is 0 Å². The number of amides is 1. The van der Waals surface area contributed by atoms with E-state index in [0.29, 0.717) is 24.6 Å². The average molecular weight is 331 g/mol. The lowest BCUT2D eigenvalue weighted by atomic mass is 10.3. The van der Waals surface area contributed by atoms with Gasteiger partial charge in [-0.1, -0.05) is 0 Å². The lowest BCUT2D eigenvalue weighted by Crippen LogP contribution is -2.41. The van der Waals surface area contributed by atoms with Crippen LogP contribution < -0.4 is 10.6 Å². The van der Waals surface area contributed by atoms with E-state index in [4.69, 9.17) is 9.15 Å². The number of aromatic nitrogens is 2. The monoisotopic (exact) mass is 331 g/mol. The Labute approximate surface area is 140 Å². The maximum absolute atomic E-state index is 12.2. The number of furan rings is 1. The summed E-state index contributed by atoms with van der Waals surface area (Å²) in [7, 11) is 0. The van der Waals surface area contributed by atoms with Crippen molar-refractivity contribution in [3.8, 4) is 0 Å². The van der Waals surface area contributed by atoms with Gasteiger partial charge in [0.05, 0.1) is 26.0 Å². The lowest BCUT2D eigenvalue weighted by molar-refractivity contribution is 0.0383.